The minimum atomic E-state index is 0.244. The predicted molar refractivity (Wildman–Crippen MR) is 57.9 cm³/mol. The summed E-state index contributed by atoms with van der Waals surface area (Å²) < 4.78 is 5.36. The van der Waals surface area contributed by atoms with E-state index in [1.165, 1.54) is 0 Å². The number of thiocarbonyl (C=S) groups is 1. The SMILES string of the molecule is CCC(C(N)=S)N1CCOCC1C. The molecule has 1 fully saturated rings. The molecule has 0 aromatic carbocycles. The molecule has 0 aromatic rings. The lowest BCUT2D eigenvalue weighted by Gasteiger charge is -2.38. The van der Waals surface area contributed by atoms with Crippen LogP contribution in [0.25, 0.3) is 0 Å². The Bertz CT molecular complexity index is 186. The van der Waals surface area contributed by atoms with Crippen LogP contribution in [0.4, 0.5) is 0 Å². The summed E-state index contributed by atoms with van der Waals surface area (Å²) in [4.78, 5) is 2.95. The Labute approximate surface area is 85.2 Å². The lowest BCUT2D eigenvalue weighted by Crippen LogP contribution is -2.53. The van der Waals surface area contributed by atoms with E-state index in [0.29, 0.717) is 11.0 Å². The maximum absolute atomic E-state index is 5.69. The molecular weight excluding hydrogens is 184 g/mol. The summed E-state index contributed by atoms with van der Waals surface area (Å²) in [6.07, 6.45) is 0.986. The zero-order chi connectivity index (χ0) is 9.84. The summed E-state index contributed by atoms with van der Waals surface area (Å²) in [6, 6.07) is 0.675. The first-order chi connectivity index (χ1) is 6.16. The first-order valence-electron chi connectivity index (χ1n) is 4.79. The summed E-state index contributed by atoms with van der Waals surface area (Å²) in [6.45, 7) is 6.80. The molecule has 2 unspecified atom stereocenters. The van der Waals surface area contributed by atoms with Gasteiger partial charge in [0.05, 0.1) is 24.2 Å². The van der Waals surface area contributed by atoms with Crippen molar-refractivity contribution in [2.24, 2.45) is 5.73 Å². The lowest BCUT2D eigenvalue weighted by molar-refractivity contribution is -0.00989. The molecule has 13 heavy (non-hydrogen) atoms. The molecule has 3 nitrogen and oxygen atoms in total. The van der Waals surface area contributed by atoms with Crippen molar-refractivity contribution in [2.75, 3.05) is 19.8 Å². The van der Waals surface area contributed by atoms with Gasteiger partial charge in [-0.1, -0.05) is 19.1 Å². The largest absolute Gasteiger partial charge is 0.392 e. The average molecular weight is 202 g/mol. The molecule has 1 saturated heterocycles. The van der Waals surface area contributed by atoms with Crippen LogP contribution in [0.1, 0.15) is 20.3 Å². The summed E-state index contributed by atoms with van der Waals surface area (Å²) in [5.41, 5.74) is 5.69. The molecule has 0 radical (unpaired) electrons. The predicted octanol–water partition coefficient (Wildman–Crippen LogP) is 0.772. The van der Waals surface area contributed by atoms with E-state index in [4.69, 9.17) is 22.7 Å². The van der Waals surface area contributed by atoms with Gasteiger partial charge in [0.2, 0.25) is 0 Å². The van der Waals surface area contributed by atoms with Gasteiger partial charge in [-0.3, -0.25) is 4.90 Å². The Balaban J connectivity index is 2.60. The third-order valence-corrected chi connectivity index (χ3v) is 2.81. The van der Waals surface area contributed by atoms with Crippen LogP contribution in [0, 0.1) is 0 Å². The molecule has 76 valence electrons. The molecule has 1 rings (SSSR count). The number of nitrogens with two attached hydrogens (primary N) is 1. The third kappa shape index (κ3) is 2.62. The van der Waals surface area contributed by atoms with E-state index in [0.717, 1.165) is 26.2 Å². The summed E-state index contributed by atoms with van der Waals surface area (Å²) in [7, 11) is 0. The highest BCUT2D eigenvalue weighted by Crippen LogP contribution is 2.13. The monoisotopic (exact) mass is 202 g/mol. The van der Waals surface area contributed by atoms with Crippen molar-refractivity contribution in [3.63, 3.8) is 0 Å². The molecule has 1 heterocycles. The number of hydrogen-bond donors (Lipinski definition) is 1. The number of rotatable bonds is 3. The second kappa shape index (κ2) is 4.88. The van der Waals surface area contributed by atoms with Gasteiger partial charge in [0, 0.05) is 12.6 Å². The van der Waals surface area contributed by atoms with Gasteiger partial charge < -0.3 is 10.5 Å². The number of hydrogen-bond acceptors (Lipinski definition) is 3. The van der Waals surface area contributed by atoms with Crippen molar-refractivity contribution in [1.29, 1.82) is 0 Å². The van der Waals surface area contributed by atoms with Crippen LogP contribution in [0.15, 0.2) is 0 Å². The van der Waals surface area contributed by atoms with Gasteiger partial charge in [-0.15, -0.1) is 0 Å². The molecule has 1 aliphatic heterocycles. The first kappa shape index (κ1) is 10.9. The van der Waals surface area contributed by atoms with E-state index >= 15 is 0 Å². The van der Waals surface area contributed by atoms with Crippen molar-refractivity contribution < 1.29 is 4.74 Å². The van der Waals surface area contributed by atoms with Crippen molar-refractivity contribution in [3.05, 3.63) is 0 Å². The van der Waals surface area contributed by atoms with Crippen molar-refractivity contribution in [3.8, 4) is 0 Å². The summed E-state index contributed by atoms with van der Waals surface area (Å²) in [5, 5.41) is 0. The Morgan fingerprint density at radius 2 is 2.46 bits per heavy atom. The van der Waals surface area contributed by atoms with E-state index in [1.54, 1.807) is 0 Å². The van der Waals surface area contributed by atoms with Crippen molar-refractivity contribution >= 4 is 17.2 Å². The van der Waals surface area contributed by atoms with Gasteiger partial charge >= 0.3 is 0 Å². The highest BCUT2D eigenvalue weighted by molar-refractivity contribution is 7.80. The van der Waals surface area contributed by atoms with Gasteiger partial charge in [-0.25, -0.2) is 0 Å². The van der Waals surface area contributed by atoms with E-state index in [2.05, 4.69) is 18.7 Å². The molecule has 0 amide bonds. The van der Waals surface area contributed by atoms with Crippen molar-refractivity contribution in [1.82, 2.24) is 4.90 Å². The Hall–Kier alpha value is -0.190. The molecule has 0 saturated carbocycles. The van der Waals surface area contributed by atoms with Crippen molar-refractivity contribution in [2.45, 2.75) is 32.4 Å². The third-order valence-electron chi connectivity index (χ3n) is 2.53. The molecule has 0 spiro atoms. The summed E-state index contributed by atoms with van der Waals surface area (Å²) in [5.74, 6) is 0. The van der Waals surface area contributed by atoms with Crippen LogP contribution in [0.5, 0.6) is 0 Å². The minimum Gasteiger partial charge on any atom is -0.392 e. The summed E-state index contributed by atoms with van der Waals surface area (Å²) >= 11 is 5.05. The maximum atomic E-state index is 5.69. The van der Waals surface area contributed by atoms with E-state index in [9.17, 15) is 0 Å². The molecule has 0 aromatic heterocycles. The van der Waals surface area contributed by atoms with Gasteiger partial charge in [-0.05, 0) is 13.3 Å². The Morgan fingerprint density at radius 3 is 2.92 bits per heavy atom. The van der Waals surface area contributed by atoms with Crippen LogP contribution in [-0.4, -0.2) is 41.7 Å². The zero-order valence-corrected chi connectivity index (χ0v) is 9.14. The first-order valence-corrected chi connectivity index (χ1v) is 5.20. The fourth-order valence-electron chi connectivity index (χ4n) is 1.80. The highest BCUT2D eigenvalue weighted by atomic mass is 32.1. The average Bonchev–Trinajstić information content (AvgIpc) is 2.09. The van der Waals surface area contributed by atoms with E-state index < -0.39 is 0 Å². The van der Waals surface area contributed by atoms with Gasteiger partial charge in [-0.2, -0.15) is 0 Å². The maximum Gasteiger partial charge on any atom is 0.0902 e. The van der Waals surface area contributed by atoms with Crippen LogP contribution >= 0.6 is 12.2 Å². The van der Waals surface area contributed by atoms with E-state index in [-0.39, 0.29) is 6.04 Å². The van der Waals surface area contributed by atoms with E-state index in [1.807, 2.05) is 0 Å². The lowest BCUT2D eigenvalue weighted by atomic mass is 10.1. The van der Waals surface area contributed by atoms with Crippen LogP contribution in [0.2, 0.25) is 0 Å². The smallest absolute Gasteiger partial charge is 0.0902 e. The normalized spacial score (nSPS) is 27.1. The van der Waals surface area contributed by atoms with Gasteiger partial charge in [0.1, 0.15) is 0 Å². The Morgan fingerprint density at radius 1 is 1.77 bits per heavy atom. The molecule has 2 atom stereocenters. The molecule has 4 heteroatoms. The van der Waals surface area contributed by atoms with Crippen LogP contribution in [-0.2, 0) is 4.74 Å². The topological polar surface area (TPSA) is 38.5 Å². The zero-order valence-electron chi connectivity index (χ0n) is 8.32. The standard InChI is InChI=1S/C9H18N2OS/c1-3-8(9(10)13)11-4-5-12-6-7(11)2/h7-8H,3-6H2,1-2H3,(H2,10,13). The van der Waals surface area contributed by atoms with Gasteiger partial charge in [0.25, 0.3) is 0 Å². The molecule has 0 aliphatic carbocycles. The fourth-order valence-corrected chi connectivity index (χ4v) is 2.10. The molecular formula is C9H18N2OS. The number of ether oxygens (including phenoxy) is 1. The second-order valence-electron chi connectivity index (χ2n) is 3.49. The number of morpholine rings is 1. The van der Waals surface area contributed by atoms with Crippen LogP contribution in [0.3, 0.4) is 0 Å². The molecule has 1 aliphatic rings. The number of nitrogens with zero attached hydrogens (tertiary/aromatic N) is 1. The molecule has 2 N–H and O–H groups in total. The Kier molecular flexibility index (Phi) is 4.09. The second-order valence-corrected chi connectivity index (χ2v) is 3.96. The highest BCUT2D eigenvalue weighted by Gasteiger charge is 2.26. The fraction of sp³-hybridized carbons (Fsp3) is 0.889. The molecule has 0 bridgehead atoms. The van der Waals surface area contributed by atoms with Gasteiger partial charge in [0.15, 0.2) is 0 Å². The minimum absolute atomic E-state index is 0.244. The quantitative estimate of drug-likeness (QED) is 0.686. The van der Waals surface area contributed by atoms with Crippen LogP contribution < -0.4 is 5.73 Å².